The molecule has 5 rings (SSSR count). The van der Waals surface area contributed by atoms with Crippen LogP contribution in [0.2, 0.25) is 0 Å². The first-order valence-electron chi connectivity index (χ1n) is 14.3. The lowest BCUT2D eigenvalue weighted by molar-refractivity contribution is -0.196. The third-order valence-corrected chi connectivity index (χ3v) is 8.09. The van der Waals surface area contributed by atoms with Gasteiger partial charge in [0.1, 0.15) is 17.5 Å². The van der Waals surface area contributed by atoms with Crippen molar-refractivity contribution in [1.29, 1.82) is 0 Å². The number of methoxy groups -OCH3 is 2. The highest BCUT2D eigenvalue weighted by Gasteiger charge is 2.46. The van der Waals surface area contributed by atoms with Crippen molar-refractivity contribution in [1.82, 2.24) is 19.4 Å². The van der Waals surface area contributed by atoms with Crippen LogP contribution in [0.25, 0.3) is 5.52 Å². The first kappa shape index (κ1) is 29.3. The van der Waals surface area contributed by atoms with Gasteiger partial charge in [0.2, 0.25) is 0 Å². The molecule has 3 aromatic rings. The van der Waals surface area contributed by atoms with Crippen LogP contribution < -0.4 is 14.4 Å². The molecule has 7 nitrogen and oxygen atoms in total. The summed E-state index contributed by atoms with van der Waals surface area (Å²) in [5, 5.41) is 4.55. The van der Waals surface area contributed by atoms with Gasteiger partial charge in [0.15, 0.2) is 0 Å². The Kier molecular flexibility index (Phi) is 8.79. The van der Waals surface area contributed by atoms with Crippen LogP contribution in [0.4, 0.5) is 18.9 Å². The van der Waals surface area contributed by atoms with Gasteiger partial charge in [-0.15, -0.1) is 0 Å². The Labute approximate surface area is 240 Å². The van der Waals surface area contributed by atoms with Gasteiger partial charge < -0.3 is 14.4 Å². The van der Waals surface area contributed by atoms with E-state index in [1.807, 2.05) is 55.0 Å². The molecule has 0 bridgehead atoms. The number of alkyl halides is 3. The molecule has 2 aliphatic heterocycles. The SMILES string of the molecule is COc1ccc(CN2CC=CN(c3cnn4ccc(CC5CCN(CC(C)C)C(C(F)(F)F)C5)cc34)C2)c(OC)c1. The van der Waals surface area contributed by atoms with Gasteiger partial charge in [-0.3, -0.25) is 9.80 Å². The van der Waals surface area contributed by atoms with Gasteiger partial charge in [-0.2, -0.15) is 18.3 Å². The third-order valence-electron chi connectivity index (χ3n) is 8.09. The van der Waals surface area contributed by atoms with Gasteiger partial charge in [-0.25, -0.2) is 4.52 Å². The Morgan fingerprint density at radius 3 is 2.66 bits per heavy atom. The quantitative estimate of drug-likeness (QED) is 0.315. The molecular formula is C31H40F3N5O2. The van der Waals surface area contributed by atoms with Crippen molar-refractivity contribution in [2.45, 2.75) is 51.9 Å². The van der Waals surface area contributed by atoms with E-state index in [-0.39, 0.29) is 18.3 Å². The second kappa shape index (κ2) is 12.3. The lowest BCUT2D eigenvalue weighted by Crippen LogP contribution is -2.52. The van der Waals surface area contributed by atoms with Crippen molar-refractivity contribution >= 4 is 11.2 Å². The minimum Gasteiger partial charge on any atom is -0.497 e. The van der Waals surface area contributed by atoms with Crippen LogP contribution >= 0.6 is 0 Å². The molecule has 2 unspecified atom stereocenters. The van der Waals surface area contributed by atoms with E-state index in [0.717, 1.165) is 46.8 Å². The summed E-state index contributed by atoms with van der Waals surface area (Å²) in [5.41, 5.74) is 4.03. The molecule has 2 atom stereocenters. The first-order chi connectivity index (χ1) is 19.6. The van der Waals surface area contributed by atoms with E-state index in [2.05, 4.69) is 33.2 Å². The molecular weight excluding hydrogens is 531 g/mol. The molecule has 1 fully saturated rings. The van der Waals surface area contributed by atoms with Crippen molar-refractivity contribution < 1.29 is 22.6 Å². The minimum absolute atomic E-state index is 0.0105. The lowest BCUT2D eigenvalue weighted by atomic mass is 9.85. The Balaban J connectivity index is 1.29. The summed E-state index contributed by atoms with van der Waals surface area (Å²) in [4.78, 5) is 6.10. The zero-order valence-electron chi connectivity index (χ0n) is 24.3. The molecule has 0 spiro atoms. The number of pyridine rings is 1. The monoisotopic (exact) mass is 571 g/mol. The fourth-order valence-corrected chi connectivity index (χ4v) is 6.13. The van der Waals surface area contributed by atoms with Crippen LogP contribution in [-0.4, -0.2) is 72.2 Å². The number of anilines is 1. The van der Waals surface area contributed by atoms with Crippen LogP contribution in [0, 0.1) is 11.8 Å². The number of piperidine rings is 1. The second-order valence-electron chi connectivity index (χ2n) is 11.6. The molecule has 0 saturated carbocycles. The van der Waals surface area contributed by atoms with Gasteiger partial charge in [0, 0.05) is 43.7 Å². The lowest BCUT2D eigenvalue weighted by Gasteiger charge is -2.41. The van der Waals surface area contributed by atoms with Crippen molar-refractivity contribution in [3.05, 3.63) is 66.1 Å². The fourth-order valence-electron chi connectivity index (χ4n) is 6.13. The van der Waals surface area contributed by atoms with E-state index >= 15 is 0 Å². The smallest absolute Gasteiger partial charge is 0.404 e. The standard InChI is InChI=1S/C31H40F3N5O2/c1-22(2)19-37-12-8-24(16-30(37)31(32,33)34)14-23-9-13-39-27(15-23)28(18-35-39)38-11-5-10-36(21-38)20-25-6-7-26(40-3)17-29(25)41-4/h5-7,9,11,13,15,17-18,22,24,30H,8,10,12,14,16,19-21H2,1-4H3. The van der Waals surface area contributed by atoms with Crippen LogP contribution in [-0.2, 0) is 13.0 Å². The molecule has 10 heteroatoms. The predicted octanol–water partition coefficient (Wildman–Crippen LogP) is 5.99. The number of aromatic nitrogens is 2. The summed E-state index contributed by atoms with van der Waals surface area (Å²) in [6, 6.07) is 8.56. The molecule has 0 N–H and O–H groups in total. The maximum Gasteiger partial charge on any atom is 0.404 e. The number of ether oxygens (including phenoxy) is 2. The maximum atomic E-state index is 13.9. The number of hydrogen-bond acceptors (Lipinski definition) is 6. The van der Waals surface area contributed by atoms with Gasteiger partial charge in [-0.05, 0) is 61.4 Å². The number of fused-ring (bicyclic) bond motifs is 1. The zero-order valence-corrected chi connectivity index (χ0v) is 24.3. The third kappa shape index (κ3) is 6.81. The van der Waals surface area contributed by atoms with Crippen LogP contribution in [0.5, 0.6) is 11.5 Å². The number of halogens is 3. The fraction of sp³-hybridized carbons (Fsp3) is 0.516. The average Bonchev–Trinajstić information content (AvgIpc) is 3.37. The summed E-state index contributed by atoms with van der Waals surface area (Å²) in [7, 11) is 3.30. The molecule has 0 aliphatic carbocycles. The summed E-state index contributed by atoms with van der Waals surface area (Å²) < 4.78 is 54.6. The molecule has 1 aromatic carbocycles. The number of nitrogens with zero attached hydrogens (tertiary/aromatic N) is 5. The topological polar surface area (TPSA) is 45.5 Å². The molecule has 1 saturated heterocycles. The Morgan fingerprint density at radius 1 is 1.10 bits per heavy atom. The Hall–Kier alpha value is -3.24. The highest BCUT2D eigenvalue weighted by molar-refractivity contribution is 5.74. The number of rotatable bonds is 9. The van der Waals surface area contributed by atoms with Gasteiger partial charge in [-0.1, -0.05) is 26.0 Å². The zero-order chi connectivity index (χ0) is 29.1. The molecule has 0 radical (unpaired) electrons. The summed E-state index contributed by atoms with van der Waals surface area (Å²) in [6.45, 7) is 7.09. The van der Waals surface area contributed by atoms with Gasteiger partial charge in [0.25, 0.3) is 0 Å². The molecule has 4 heterocycles. The Morgan fingerprint density at radius 2 is 1.93 bits per heavy atom. The van der Waals surface area contributed by atoms with Crippen molar-refractivity contribution in [2.24, 2.45) is 11.8 Å². The number of hydrogen-bond donors (Lipinski definition) is 0. The van der Waals surface area contributed by atoms with E-state index in [0.29, 0.717) is 32.7 Å². The van der Waals surface area contributed by atoms with E-state index in [1.54, 1.807) is 19.1 Å². The molecule has 0 amide bonds. The van der Waals surface area contributed by atoms with Crippen molar-refractivity contribution in [3.8, 4) is 11.5 Å². The van der Waals surface area contributed by atoms with Gasteiger partial charge >= 0.3 is 6.18 Å². The van der Waals surface area contributed by atoms with E-state index in [4.69, 9.17) is 9.47 Å². The van der Waals surface area contributed by atoms with E-state index in [1.165, 1.54) is 0 Å². The number of benzene rings is 1. The normalized spacial score (nSPS) is 20.7. The van der Waals surface area contributed by atoms with Crippen molar-refractivity contribution in [3.63, 3.8) is 0 Å². The maximum absolute atomic E-state index is 13.9. The highest BCUT2D eigenvalue weighted by atomic mass is 19.4. The Bertz CT molecular complexity index is 1360. The summed E-state index contributed by atoms with van der Waals surface area (Å²) in [5.74, 6) is 1.73. The highest BCUT2D eigenvalue weighted by Crippen LogP contribution is 2.36. The van der Waals surface area contributed by atoms with Gasteiger partial charge in [0.05, 0.1) is 38.3 Å². The molecule has 2 aromatic heterocycles. The van der Waals surface area contributed by atoms with Crippen LogP contribution in [0.15, 0.2) is 55.0 Å². The average molecular weight is 572 g/mol. The summed E-state index contributed by atoms with van der Waals surface area (Å²) >= 11 is 0. The summed E-state index contributed by atoms with van der Waals surface area (Å²) in [6.07, 6.45) is 5.29. The second-order valence-corrected chi connectivity index (χ2v) is 11.6. The minimum atomic E-state index is -4.21. The van der Waals surface area contributed by atoms with Crippen LogP contribution in [0.1, 0.15) is 37.8 Å². The molecule has 41 heavy (non-hydrogen) atoms. The molecule has 222 valence electrons. The number of likely N-dealkylation sites (tertiary alicyclic amines) is 1. The molecule has 2 aliphatic rings. The van der Waals surface area contributed by atoms with E-state index < -0.39 is 12.2 Å². The van der Waals surface area contributed by atoms with E-state index in [9.17, 15) is 13.2 Å². The van der Waals surface area contributed by atoms with Crippen molar-refractivity contribution in [2.75, 3.05) is 45.4 Å². The first-order valence-corrected chi connectivity index (χ1v) is 14.3. The van der Waals surface area contributed by atoms with Crippen LogP contribution in [0.3, 0.4) is 0 Å². The predicted molar refractivity (Wildman–Crippen MR) is 154 cm³/mol. The largest absolute Gasteiger partial charge is 0.497 e.